The van der Waals surface area contributed by atoms with E-state index in [1.807, 2.05) is 25.1 Å². The molecule has 2 atom stereocenters. The van der Waals surface area contributed by atoms with Crippen molar-refractivity contribution in [1.29, 1.82) is 0 Å². The topological polar surface area (TPSA) is 52.6 Å². The van der Waals surface area contributed by atoms with Crippen molar-refractivity contribution in [3.05, 3.63) is 53.6 Å². The summed E-state index contributed by atoms with van der Waals surface area (Å²) in [7, 11) is -3.16. The smallest absolute Gasteiger partial charge is 0.178 e. The van der Waals surface area contributed by atoms with Crippen molar-refractivity contribution < 1.29 is 17.9 Å². The third kappa shape index (κ3) is 4.69. The van der Waals surface area contributed by atoms with Gasteiger partial charge in [-0.05, 0) is 66.5 Å². The van der Waals surface area contributed by atoms with Crippen molar-refractivity contribution in [2.24, 2.45) is 0 Å². The van der Waals surface area contributed by atoms with E-state index in [1.54, 1.807) is 12.1 Å². The van der Waals surface area contributed by atoms with Gasteiger partial charge in [0.1, 0.15) is 13.2 Å². The number of benzene rings is 2. The molecule has 28 heavy (non-hydrogen) atoms. The first-order chi connectivity index (χ1) is 13.4. The van der Waals surface area contributed by atoms with E-state index in [2.05, 4.69) is 26.0 Å². The molecular weight excluding hydrogens is 372 g/mol. The van der Waals surface area contributed by atoms with Crippen molar-refractivity contribution >= 4 is 9.84 Å². The minimum Gasteiger partial charge on any atom is -0.486 e. The van der Waals surface area contributed by atoms with Crippen molar-refractivity contribution in [3.63, 3.8) is 0 Å². The summed E-state index contributed by atoms with van der Waals surface area (Å²) < 4.78 is 35.8. The lowest BCUT2D eigenvalue weighted by Gasteiger charge is -2.24. The second-order valence-corrected chi connectivity index (χ2v) is 9.64. The Bertz CT molecular complexity index is 887. The van der Waals surface area contributed by atoms with Crippen LogP contribution in [0.2, 0.25) is 0 Å². The van der Waals surface area contributed by atoms with Gasteiger partial charge in [0.2, 0.25) is 0 Å². The number of rotatable bonds is 8. The molecule has 0 amide bonds. The van der Waals surface area contributed by atoms with Crippen LogP contribution in [0.1, 0.15) is 63.0 Å². The summed E-state index contributed by atoms with van der Waals surface area (Å²) in [5.41, 5.74) is 2.44. The van der Waals surface area contributed by atoms with Gasteiger partial charge in [0.15, 0.2) is 21.3 Å². The van der Waals surface area contributed by atoms with Gasteiger partial charge in [0.05, 0.1) is 10.6 Å². The highest BCUT2D eigenvalue weighted by atomic mass is 32.2. The van der Waals surface area contributed by atoms with E-state index in [0.29, 0.717) is 36.4 Å². The van der Waals surface area contributed by atoms with Crippen LogP contribution >= 0.6 is 0 Å². The average Bonchev–Trinajstić information content (AvgIpc) is 2.71. The molecular formula is C23H30O4S. The average molecular weight is 403 g/mol. The molecule has 0 N–H and O–H groups in total. The minimum absolute atomic E-state index is 0.198. The zero-order valence-electron chi connectivity index (χ0n) is 17.0. The second kappa shape index (κ2) is 8.99. The monoisotopic (exact) mass is 402 g/mol. The minimum atomic E-state index is -3.16. The Balaban J connectivity index is 1.73. The molecule has 2 aromatic carbocycles. The van der Waals surface area contributed by atoms with E-state index in [4.69, 9.17) is 9.47 Å². The zero-order chi connectivity index (χ0) is 20.1. The summed E-state index contributed by atoms with van der Waals surface area (Å²) in [5.74, 6) is 2.60. The maximum absolute atomic E-state index is 12.2. The molecule has 0 spiro atoms. The van der Waals surface area contributed by atoms with E-state index < -0.39 is 9.84 Å². The van der Waals surface area contributed by atoms with Gasteiger partial charge < -0.3 is 9.47 Å². The molecule has 0 saturated carbocycles. The quantitative estimate of drug-likeness (QED) is 0.599. The number of sulfone groups is 1. The molecule has 2 aromatic rings. The van der Waals surface area contributed by atoms with Crippen molar-refractivity contribution in [2.45, 2.75) is 56.8 Å². The number of ether oxygens (including phenoxy) is 2. The first-order valence-corrected chi connectivity index (χ1v) is 11.8. The number of hydrogen-bond acceptors (Lipinski definition) is 4. The van der Waals surface area contributed by atoms with Gasteiger partial charge in [-0.25, -0.2) is 8.42 Å². The summed E-state index contributed by atoms with van der Waals surface area (Å²) in [6.07, 6.45) is 2.67. The molecule has 0 radical (unpaired) electrons. The predicted molar refractivity (Wildman–Crippen MR) is 112 cm³/mol. The summed E-state index contributed by atoms with van der Waals surface area (Å²) in [5, 5.41) is 0. The molecule has 0 aromatic heterocycles. The third-order valence-corrected chi connectivity index (χ3v) is 7.39. The first kappa shape index (κ1) is 20.7. The van der Waals surface area contributed by atoms with Gasteiger partial charge in [-0.1, -0.05) is 39.0 Å². The summed E-state index contributed by atoms with van der Waals surface area (Å²) in [6.45, 7) is 7.49. The Morgan fingerprint density at radius 3 is 2.21 bits per heavy atom. The van der Waals surface area contributed by atoms with E-state index in [-0.39, 0.29) is 5.75 Å². The molecule has 3 rings (SSSR count). The molecule has 0 fully saturated rings. The summed E-state index contributed by atoms with van der Waals surface area (Å²) >= 11 is 0. The van der Waals surface area contributed by atoms with Gasteiger partial charge in [0, 0.05) is 0 Å². The van der Waals surface area contributed by atoms with E-state index in [9.17, 15) is 8.42 Å². The lowest BCUT2D eigenvalue weighted by molar-refractivity contribution is 0.171. The van der Waals surface area contributed by atoms with Crippen LogP contribution in [0.15, 0.2) is 47.4 Å². The lowest BCUT2D eigenvalue weighted by Crippen LogP contribution is -2.15. The van der Waals surface area contributed by atoms with Crippen LogP contribution in [0.3, 0.4) is 0 Å². The highest BCUT2D eigenvalue weighted by Crippen LogP contribution is 2.37. The highest BCUT2D eigenvalue weighted by molar-refractivity contribution is 7.91. The Labute approximate surface area is 168 Å². The Kier molecular flexibility index (Phi) is 6.65. The van der Waals surface area contributed by atoms with Crippen LogP contribution in [0, 0.1) is 0 Å². The second-order valence-electron chi connectivity index (χ2n) is 7.53. The van der Waals surface area contributed by atoms with Crippen molar-refractivity contribution in [2.75, 3.05) is 19.0 Å². The van der Waals surface area contributed by atoms with Gasteiger partial charge in [-0.2, -0.15) is 0 Å². The Morgan fingerprint density at radius 2 is 1.57 bits per heavy atom. The van der Waals surface area contributed by atoms with E-state index in [1.165, 1.54) is 11.1 Å². The largest absolute Gasteiger partial charge is 0.486 e. The Morgan fingerprint density at radius 1 is 0.929 bits per heavy atom. The Hall–Kier alpha value is -2.01. The fourth-order valence-electron chi connectivity index (χ4n) is 3.81. The van der Waals surface area contributed by atoms with Gasteiger partial charge in [-0.3, -0.25) is 0 Å². The molecule has 5 heteroatoms. The van der Waals surface area contributed by atoms with Gasteiger partial charge >= 0.3 is 0 Å². The van der Waals surface area contributed by atoms with E-state index in [0.717, 1.165) is 24.3 Å². The van der Waals surface area contributed by atoms with E-state index >= 15 is 0 Å². The van der Waals surface area contributed by atoms with Crippen LogP contribution in [0.4, 0.5) is 0 Å². The maximum atomic E-state index is 12.2. The fraction of sp³-hybridized carbons (Fsp3) is 0.478. The summed E-state index contributed by atoms with van der Waals surface area (Å²) in [4.78, 5) is 0.421. The lowest BCUT2D eigenvalue weighted by atomic mass is 9.84. The molecule has 4 nitrogen and oxygen atoms in total. The highest BCUT2D eigenvalue weighted by Gasteiger charge is 2.20. The van der Waals surface area contributed by atoms with Crippen LogP contribution in [0.5, 0.6) is 11.5 Å². The van der Waals surface area contributed by atoms with Gasteiger partial charge in [-0.15, -0.1) is 0 Å². The molecule has 1 heterocycles. The maximum Gasteiger partial charge on any atom is 0.178 e. The van der Waals surface area contributed by atoms with Crippen molar-refractivity contribution in [3.8, 4) is 11.5 Å². The van der Waals surface area contributed by atoms with Gasteiger partial charge in [0.25, 0.3) is 0 Å². The summed E-state index contributed by atoms with van der Waals surface area (Å²) in [6, 6.07) is 13.7. The van der Waals surface area contributed by atoms with Crippen LogP contribution < -0.4 is 9.47 Å². The molecule has 1 aliphatic rings. The SMILES string of the molecule is CCCS(=O)(=O)c1ccc([C@H](C)CC(CC)c2ccc3c(c2)OCCO3)cc1. The van der Waals surface area contributed by atoms with Crippen LogP contribution in [0.25, 0.3) is 0 Å². The molecule has 1 unspecified atom stereocenters. The first-order valence-electron chi connectivity index (χ1n) is 10.2. The predicted octanol–water partition coefficient (Wildman–Crippen LogP) is 5.33. The number of hydrogen-bond donors (Lipinski definition) is 0. The third-order valence-electron chi connectivity index (χ3n) is 5.45. The molecule has 1 aliphatic heterocycles. The molecule has 152 valence electrons. The molecule has 0 bridgehead atoms. The zero-order valence-corrected chi connectivity index (χ0v) is 17.8. The molecule has 0 aliphatic carbocycles. The van der Waals surface area contributed by atoms with Crippen LogP contribution in [-0.4, -0.2) is 27.4 Å². The fourth-order valence-corrected chi connectivity index (χ4v) is 5.13. The number of fused-ring (bicyclic) bond motifs is 1. The molecule has 0 saturated heterocycles. The van der Waals surface area contributed by atoms with Crippen molar-refractivity contribution in [1.82, 2.24) is 0 Å². The standard InChI is InChI=1S/C23H30O4S/c1-4-14-28(24,25)21-9-6-19(7-10-21)17(3)15-18(5-2)20-8-11-22-23(16-20)27-13-12-26-22/h6-11,16-18H,4-5,12-15H2,1-3H3/t17-,18?/m1/s1. The normalized spacial score (nSPS) is 15.8. The van der Waals surface area contributed by atoms with Crippen LogP contribution in [-0.2, 0) is 9.84 Å².